The number of urea groups is 1. The number of amides is 3. The Hall–Kier alpha value is -3.01. The highest BCUT2D eigenvalue weighted by atomic mass is 32.2. The van der Waals surface area contributed by atoms with Gasteiger partial charge in [0.1, 0.15) is 6.61 Å². The molecule has 0 saturated heterocycles. The molecule has 0 bridgehead atoms. The smallest absolute Gasteiger partial charge is 0.318 e. The average Bonchev–Trinajstić information content (AvgIpc) is 3.03. The Morgan fingerprint density at radius 2 is 2.19 bits per heavy atom. The molecule has 10 heteroatoms. The van der Waals surface area contributed by atoms with Gasteiger partial charge >= 0.3 is 6.03 Å². The first kappa shape index (κ1) is 18.8. The SMILES string of the molecule is C=CCn1c(SC(C)C(=O)NC(N)=O)nnc1C1COc2ccccc2O1. The molecule has 2 unspecified atom stereocenters. The molecule has 0 fully saturated rings. The first-order valence-electron chi connectivity index (χ1n) is 8.19. The van der Waals surface area contributed by atoms with Crippen molar-refractivity contribution in [3.8, 4) is 11.5 Å². The molecule has 2 aromatic rings. The van der Waals surface area contributed by atoms with E-state index in [1.807, 2.05) is 24.3 Å². The number of carbonyl (C=O) groups is 2. The van der Waals surface area contributed by atoms with Gasteiger partial charge in [0, 0.05) is 6.54 Å². The lowest BCUT2D eigenvalue weighted by Gasteiger charge is -2.26. The van der Waals surface area contributed by atoms with E-state index < -0.39 is 23.3 Å². The minimum Gasteiger partial charge on any atom is -0.485 e. The topological polar surface area (TPSA) is 121 Å². The van der Waals surface area contributed by atoms with Crippen LogP contribution in [0.4, 0.5) is 4.79 Å². The van der Waals surface area contributed by atoms with E-state index in [9.17, 15) is 9.59 Å². The molecule has 2 atom stereocenters. The zero-order valence-corrected chi connectivity index (χ0v) is 15.4. The molecule has 142 valence electrons. The predicted molar refractivity (Wildman–Crippen MR) is 98.6 cm³/mol. The van der Waals surface area contributed by atoms with Crippen molar-refractivity contribution in [1.29, 1.82) is 0 Å². The average molecular weight is 389 g/mol. The highest BCUT2D eigenvalue weighted by molar-refractivity contribution is 8.00. The molecule has 27 heavy (non-hydrogen) atoms. The van der Waals surface area contributed by atoms with E-state index in [1.165, 1.54) is 0 Å². The maximum absolute atomic E-state index is 11.9. The normalized spacial score (nSPS) is 16.4. The molecule has 3 N–H and O–H groups in total. The standard InChI is InChI=1S/C17H19N5O4S/c1-3-8-22-14(13-9-25-11-6-4-5-7-12(11)26-13)20-21-17(22)27-10(2)15(23)19-16(18)24/h3-7,10,13H,1,8-9H2,2H3,(H3,18,19,23,24). The van der Waals surface area contributed by atoms with Gasteiger partial charge in [-0.25, -0.2) is 4.79 Å². The Bertz CT molecular complexity index is 869. The van der Waals surface area contributed by atoms with Crippen LogP contribution in [0, 0.1) is 0 Å². The molecular weight excluding hydrogens is 370 g/mol. The number of carbonyl (C=O) groups excluding carboxylic acids is 2. The number of primary amides is 1. The van der Waals surface area contributed by atoms with Gasteiger partial charge in [0.2, 0.25) is 5.91 Å². The fourth-order valence-electron chi connectivity index (χ4n) is 2.51. The Morgan fingerprint density at radius 3 is 2.89 bits per heavy atom. The number of hydrogen-bond acceptors (Lipinski definition) is 7. The lowest BCUT2D eigenvalue weighted by Crippen LogP contribution is -2.39. The Balaban J connectivity index is 1.80. The van der Waals surface area contributed by atoms with Crippen molar-refractivity contribution in [3.63, 3.8) is 0 Å². The first-order valence-corrected chi connectivity index (χ1v) is 9.07. The second-order valence-corrected chi connectivity index (χ2v) is 7.03. The number of nitrogens with two attached hydrogens (primary N) is 1. The molecule has 0 saturated carbocycles. The third-order valence-electron chi connectivity index (χ3n) is 3.75. The summed E-state index contributed by atoms with van der Waals surface area (Å²) in [6, 6.07) is 6.49. The van der Waals surface area contributed by atoms with Gasteiger partial charge in [0.25, 0.3) is 0 Å². The van der Waals surface area contributed by atoms with Crippen molar-refractivity contribution >= 4 is 23.7 Å². The summed E-state index contributed by atoms with van der Waals surface area (Å²) in [6.07, 6.45) is 1.25. The second-order valence-electron chi connectivity index (χ2n) is 5.72. The van der Waals surface area contributed by atoms with Crippen LogP contribution < -0.4 is 20.5 Å². The van der Waals surface area contributed by atoms with Crippen LogP contribution in [0.15, 0.2) is 42.1 Å². The Kier molecular flexibility index (Phi) is 5.65. The van der Waals surface area contributed by atoms with Gasteiger partial charge in [0.05, 0.1) is 5.25 Å². The summed E-state index contributed by atoms with van der Waals surface area (Å²) in [4.78, 5) is 22.8. The molecule has 1 aliphatic heterocycles. The maximum Gasteiger partial charge on any atom is 0.318 e. The van der Waals surface area contributed by atoms with Gasteiger partial charge in [0.15, 0.2) is 28.6 Å². The third-order valence-corrected chi connectivity index (χ3v) is 4.83. The van der Waals surface area contributed by atoms with Crippen LogP contribution in [0.3, 0.4) is 0 Å². The number of hydrogen-bond donors (Lipinski definition) is 2. The molecular formula is C17H19N5O4S. The molecule has 0 spiro atoms. The summed E-state index contributed by atoms with van der Waals surface area (Å²) in [5.74, 6) is 1.36. The van der Waals surface area contributed by atoms with E-state index in [4.69, 9.17) is 15.2 Å². The molecule has 0 radical (unpaired) electrons. The number of rotatable bonds is 6. The molecule has 1 aromatic heterocycles. The van der Waals surface area contributed by atoms with Crippen molar-refractivity contribution < 1.29 is 19.1 Å². The highest BCUT2D eigenvalue weighted by Gasteiger charge is 2.29. The highest BCUT2D eigenvalue weighted by Crippen LogP contribution is 2.36. The van der Waals surface area contributed by atoms with E-state index in [0.29, 0.717) is 29.0 Å². The second kappa shape index (κ2) is 8.12. The minimum atomic E-state index is -0.896. The van der Waals surface area contributed by atoms with Crippen molar-refractivity contribution in [3.05, 3.63) is 42.7 Å². The molecule has 3 amide bonds. The Labute approximate surface area is 159 Å². The number of imide groups is 1. The summed E-state index contributed by atoms with van der Waals surface area (Å²) in [5, 5.41) is 10.3. The maximum atomic E-state index is 11.9. The molecule has 3 rings (SSSR count). The van der Waals surface area contributed by atoms with Crippen LogP contribution >= 0.6 is 11.8 Å². The van der Waals surface area contributed by atoms with E-state index in [2.05, 4.69) is 22.1 Å². The van der Waals surface area contributed by atoms with Crippen molar-refractivity contribution in [2.24, 2.45) is 5.73 Å². The van der Waals surface area contributed by atoms with Crippen LogP contribution in [0.5, 0.6) is 11.5 Å². The van der Waals surface area contributed by atoms with Crippen LogP contribution in [0.2, 0.25) is 0 Å². The number of nitrogens with one attached hydrogen (secondary N) is 1. The lowest BCUT2D eigenvalue weighted by molar-refractivity contribution is -0.119. The summed E-state index contributed by atoms with van der Waals surface area (Å²) in [5.41, 5.74) is 4.99. The molecule has 1 aliphatic rings. The number of fused-ring (bicyclic) bond motifs is 1. The van der Waals surface area contributed by atoms with Crippen LogP contribution in [-0.4, -0.2) is 38.6 Å². The molecule has 2 heterocycles. The zero-order valence-electron chi connectivity index (χ0n) is 14.6. The fraction of sp³-hybridized carbons (Fsp3) is 0.294. The summed E-state index contributed by atoms with van der Waals surface area (Å²) in [7, 11) is 0. The van der Waals surface area contributed by atoms with Crippen LogP contribution in [0.25, 0.3) is 0 Å². The number of ether oxygens (including phenoxy) is 2. The van der Waals surface area contributed by atoms with Gasteiger partial charge in [-0.3, -0.25) is 14.7 Å². The van der Waals surface area contributed by atoms with Gasteiger partial charge < -0.3 is 15.2 Å². The van der Waals surface area contributed by atoms with Gasteiger partial charge in [-0.1, -0.05) is 30.0 Å². The number of aromatic nitrogens is 3. The third kappa shape index (κ3) is 4.22. The van der Waals surface area contributed by atoms with Crippen LogP contribution in [0.1, 0.15) is 18.9 Å². The first-order chi connectivity index (χ1) is 13.0. The number of allylic oxidation sites excluding steroid dienone is 1. The fourth-order valence-corrected chi connectivity index (χ4v) is 3.37. The largest absolute Gasteiger partial charge is 0.485 e. The zero-order chi connectivity index (χ0) is 19.4. The van der Waals surface area contributed by atoms with Crippen molar-refractivity contribution in [2.75, 3.05) is 6.61 Å². The summed E-state index contributed by atoms with van der Waals surface area (Å²) in [6.45, 7) is 6.11. The van der Waals surface area contributed by atoms with E-state index in [-0.39, 0.29) is 6.61 Å². The number of nitrogens with zero attached hydrogens (tertiary/aromatic N) is 3. The molecule has 0 aliphatic carbocycles. The quantitative estimate of drug-likeness (QED) is 0.569. The number of thioether (sulfide) groups is 1. The van der Waals surface area contributed by atoms with E-state index in [1.54, 1.807) is 17.6 Å². The lowest BCUT2D eigenvalue weighted by atomic mass is 10.2. The van der Waals surface area contributed by atoms with Gasteiger partial charge in [-0.05, 0) is 19.1 Å². The summed E-state index contributed by atoms with van der Waals surface area (Å²) >= 11 is 1.16. The van der Waals surface area contributed by atoms with Crippen molar-refractivity contribution in [1.82, 2.24) is 20.1 Å². The number of benzene rings is 1. The Morgan fingerprint density at radius 1 is 1.44 bits per heavy atom. The van der Waals surface area contributed by atoms with Gasteiger partial charge in [-0.15, -0.1) is 16.8 Å². The summed E-state index contributed by atoms with van der Waals surface area (Å²) < 4.78 is 13.5. The van der Waals surface area contributed by atoms with E-state index in [0.717, 1.165) is 11.8 Å². The van der Waals surface area contributed by atoms with E-state index >= 15 is 0 Å². The predicted octanol–water partition coefficient (Wildman–Crippen LogP) is 1.65. The van der Waals surface area contributed by atoms with Crippen molar-refractivity contribution in [2.45, 2.75) is 30.0 Å². The number of para-hydroxylation sites is 2. The molecule has 1 aromatic carbocycles. The monoisotopic (exact) mass is 389 g/mol. The molecule has 9 nitrogen and oxygen atoms in total. The van der Waals surface area contributed by atoms with Crippen LogP contribution in [-0.2, 0) is 11.3 Å². The van der Waals surface area contributed by atoms with Gasteiger partial charge in [-0.2, -0.15) is 0 Å². The minimum absolute atomic E-state index is 0.286.